The van der Waals surface area contributed by atoms with E-state index in [4.69, 9.17) is 31.8 Å². The van der Waals surface area contributed by atoms with Crippen LogP contribution in [0, 0.1) is 31.6 Å². The number of ether oxygens (including phenoxy) is 4. The molecule has 0 spiro atoms. The zero-order valence-corrected chi connectivity index (χ0v) is 44.3. The topological polar surface area (TPSA) is 80.7 Å². The molecule has 0 amide bonds. The maximum Gasteiger partial charge on any atom is 0.195 e. The average Bonchev–Trinajstić information content (AvgIpc) is 4.01. The Morgan fingerprint density at radius 1 is 0.622 bits per heavy atom. The minimum Gasteiger partial charge on any atom is -0.508 e. The molecule has 8 nitrogen and oxygen atoms in total. The third kappa shape index (κ3) is 12.5. The summed E-state index contributed by atoms with van der Waals surface area (Å²) in [7, 11) is 3.21. The Hall–Kier alpha value is -7.05. The Balaban J connectivity index is 0.000000182. The van der Waals surface area contributed by atoms with Crippen molar-refractivity contribution >= 4 is 48.6 Å². The van der Waals surface area contributed by atoms with Gasteiger partial charge in [-0.3, -0.25) is 9.69 Å². The molecule has 0 aliphatic carbocycles. The molecule has 0 saturated carbocycles. The van der Waals surface area contributed by atoms with E-state index in [0.717, 1.165) is 99.9 Å². The van der Waals surface area contributed by atoms with Crippen LogP contribution in [0.4, 0.5) is 0 Å². The molecular weight excluding hydrogens is 957 g/mol. The fourth-order valence-electron chi connectivity index (χ4n) is 10.0. The fourth-order valence-corrected chi connectivity index (χ4v) is 12.6. The van der Waals surface area contributed by atoms with Crippen molar-refractivity contribution < 1.29 is 28.8 Å². The summed E-state index contributed by atoms with van der Waals surface area (Å²) < 4.78 is 25.1. The summed E-state index contributed by atoms with van der Waals surface area (Å²) in [5.41, 5.74) is 8.57. The number of phenolic OH excluding ortho intramolecular Hbond substituents is 1. The van der Waals surface area contributed by atoms with Gasteiger partial charge in [-0.2, -0.15) is 0 Å². The summed E-state index contributed by atoms with van der Waals surface area (Å²) in [5, 5.41) is 12.0. The Morgan fingerprint density at radius 2 is 1.22 bits per heavy atom. The summed E-state index contributed by atoms with van der Waals surface area (Å²) >= 11 is 3.32. The van der Waals surface area contributed by atoms with Gasteiger partial charge in [0.2, 0.25) is 0 Å². The Kier molecular flexibility index (Phi) is 17.4. The minimum atomic E-state index is -0.0469. The number of carbonyl (C=O) groups is 1. The van der Waals surface area contributed by atoms with Crippen LogP contribution in [0.5, 0.6) is 28.7 Å². The van der Waals surface area contributed by atoms with Crippen molar-refractivity contribution in [2.24, 2.45) is 0 Å². The zero-order valence-electron chi connectivity index (χ0n) is 42.7. The highest BCUT2D eigenvalue weighted by Gasteiger charge is 2.24. The van der Waals surface area contributed by atoms with Gasteiger partial charge in [-0.25, -0.2) is 0 Å². The molecule has 2 saturated heterocycles. The van der Waals surface area contributed by atoms with E-state index >= 15 is 0 Å². The predicted molar refractivity (Wildman–Crippen MR) is 305 cm³/mol. The second-order valence-corrected chi connectivity index (χ2v) is 21.1. The van der Waals surface area contributed by atoms with Gasteiger partial charge in [-0.15, -0.1) is 35.5 Å². The molecule has 378 valence electrons. The zero-order chi connectivity index (χ0) is 51.4. The maximum atomic E-state index is 13.9. The Bertz CT molecular complexity index is 3290. The first-order chi connectivity index (χ1) is 36.2. The van der Waals surface area contributed by atoms with Crippen molar-refractivity contribution in [3.05, 3.63) is 160 Å². The molecular formula is C64H64N2O6S2. The van der Waals surface area contributed by atoms with E-state index in [-0.39, 0.29) is 5.78 Å². The quantitative estimate of drug-likeness (QED) is 0.0549. The number of ketones is 1. The molecule has 2 fully saturated rings. The number of carbonyl (C=O) groups excluding carboxylic acids is 1. The number of fused-ring (bicyclic) bond motifs is 2. The van der Waals surface area contributed by atoms with Crippen LogP contribution in [0.3, 0.4) is 0 Å². The van der Waals surface area contributed by atoms with Gasteiger partial charge in [0.05, 0.1) is 20.8 Å². The number of rotatable bonds is 17. The SMILES string of the molecule is C#Cc1ccc2c(C(=O)c3ccc(OCCN4CCCCC4)cc3)c(-c3ccc(OC)c(OC)c3)sc2c1.C#Cc1ccc2c(Cc3ccc(OCCCN4CCCCC4)cc3)c(-c3ccc(O)cc3C)sc2c1. The molecule has 0 bridgehead atoms. The van der Waals surface area contributed by atoms with E-state index in [2.05, 4.69) is 58.0 Å². The molecule has 10 heteroatoms. The number of piperidine rings is 2. The Labute approximate surface area is 444 Å². The lowest BCUT2D eigenvalue weighted by Gasteiger charge is -2.26. The van der Waals surface area contributed by atoms with Gasteiger partial charge in [-0.05, 0) is 202 Å². The van der Waals surface area contributed by atoms with Crippen LogP contribution in [0.1, 0.15) is 88.7 Å². The number of nitrogens with zero attached hydrogens (tertiary/aromatic N) is 2. The number of terminal acetylenes is 2. The molecule has 6 aromatic carbocycles. The molecule has 8 aromatic rings. The van der Waals surface area contributed by atoms with Crippen LogP contribution >= 0.6 is 22.7 Å². The monoisotopic (exact) mass is 1020 g/mol. The van der Waals surface area contributed by atoms with Crippen LogP contribution in [-0.2, 0) is 6.42 Å². The number of thiophene rings is 2. The van der Waals surface area contributed by atoms with E-state index in [1.165, 1.54) is 77.7 Å². The first kappa shape index (κ1) is 51.8. The summed E-state index contributed by atoms with van der Waals surface area (Å²) in [6.45, 7) is 10.3. The first-order valence-electron chi connectivity index (χ1n) is 25.7. The Morgan fingerprint density at radius 3 is 1.85 bits per heavy atom. The van der Waals surface area contributed by atoms with Crippen molar-refractivity contribution in [3.63, 3.8) is 0 Å². The van der Waals surface area contributed by atoms with E-state index in [1.807, 2.05) is 85.8 Å². The third-order valence-electron chi connectivity index (χ3n) is 14.0. The number of methoxy groups -OCH3 is 2. The predicted octanol–water partition coefficient (Wildman–Crippen LogP) is 14.1. The highest BCUT2D eigenvalue weighted by atomic mass is 32.1. The fraction of sp³-hybridized carbons (Fsp3) is 0.297. The van der Waals surface area contributed by atoms with Crippen molar-refractivity contribution in [1.29, 1.82) is 0 Å². The molecule has 74 heavy (non-hydrogen) atoms. The van der Waals surface area contributed by atoms with E-state index in [9.17, 15) is 9.90 Å². The number of likely N-dealkylation sites (tertiary alicyclic amines) is 2. The van der Waals surface area contributed by atoms with Gasteiger partial charge in [0, 0.05) is 59.9 Å². The minimum absolute atomic E-state index is 0.0469. The molecule has 0 radical (unpaired) electrons. The smallest absolute Gasteiger partial charge is 0.195 e. The van der Waals surface area contributed by atoms with Gasteiger partial charge in [0.1, 0.15) is 23.9 Å². The number of benzene rings is 6. The number of hydrogen-bond donors (Lipinski definition) is 1. The maximum absolute atomic E-state index is 13.9. The summed E-state index contributed by atoms with van der Waals surface area (Å²) in [5.74, 6) is 8.64. The van der Waals surface area contributed by atoms with Crippen LogP contribution in [0.15, 0.2) is 121 Å². The second-order valence-electron chi connectivity index (χ2n) is 19.0. The van der Waals surface area contributed by atoms with Gasteiger partial charge in [0.25, 0.3) is 0 Å². The second kappa shape index (κ2) is 24.8. The van der Waals surface area contributed by atoms with Crippen molar-refractivity contribution in [3.8, 4) is 74.3 Å². The molecule has 10 rings (SSSR count). The molecule has 2 aliphatic rings. The number of aromatic hydroxyl groups is 1. The van der Waals surface area contributed by atoms with E-state index < -0.39 is 0 Å². The first-order valence-corrected chi connectivity index (χ1v) is 27.4. The third-order valence-corrected chi connectivity index (χ3v) is 16.5. The lowest BCUT2D eigenvalue weighted by molar-refractivity contribution is 0.104. The standard InChI is InChI=1S/C32H31NO4S.C32H33NO2S/c1-4-22-8-14-26-29(20-22)38-32(24-11-15-27(35-2)28(21-24)36-3)30(26)31(34)23-9-12-25(13-10-23)37-19-18-33-16-6-5-7-17-33;1-3-24-10-14-29-30(32(36-31(29)22-24)28-15-11-26(34)20-23(28)2)21-25-8-12-27(13-9-25)35-19-7-18-33-16-5-4-6-17-33/h1,8-15,20-21H,5-7,16-19H2,2-3H3;1,8-15,20,22,34H,4-7,16-19,21H2,2H3. The molecule has 1 N–H and O–H groups in total. The molecule has 0 unspecified atom stereocenters. The molecule has 2 aliphatic heterocycles. The van der Waals surface area contributed by atoms with Crippen LogP contribution in [-0.4, -0.2) is 87.4 Å². The summed E-state index contributed by atoms with van der Waals surface area (Å²) in [6.07, 6.45) is 21.1. The van der Waals surface area contributed by atoms with Gasteiger partial charge in [0.15, 0.2) is 17.3 Å². The number of hydrogen-bond acceptors (Lipinski definition) is 10. The average molecular weight is 1020 g/mol. The van der Waals surface area contributed by atoms with Crippen molar-refractivity contribution in [2.75, 3.05) is 66.7 Å². The largest absolute Gasteiger partial charge is 0.508 e. The van der Waals surface area contributed by atoms with Crippen molar-refractivity contribution in [1.82, 2.24) is 9.80 Å². The lowest BCUT2D eigenvalue weighted by Crippen LogP contribution is -2.33. The van der Waals surface area contributed by atoms with Crippen LogP contribution in [0.25, 0.3) is 41.1 Å². The van der Waals surface area contributed by atoms with Crippen molar-refractivity contribution in [2.45, 2.75) is 58.3 Å². The highest BCUT2D eigenvalue weighted by molar-refractivity contribution is 7.23. The molecule has 2 aromatic heterocycles. The number of aryl methyl sites for hydroxylation is 1. The lowest BCUT2D eigenvalue weighted by atomic mass is 9.96. The number of phenols is 1. The van der Waals surface area contributed by atoms with Crippen LogP contribution in [0.2, 0.25) is 0 Å². The van der Waals surface area contributed by atoms with Crippen LogP contribution < -0.4 is 18.9 Å². The summed E-state index contributed by atoms with van der Waals surface area (Å²) in [4.78, 5) is 21.0. The van der Waals surface area contributed by atoms with Gasteiger partial charge < -0.3 is 29.0 Å². The molecule has 0 atom stereocenters. The normalized spacial score (nSPS) is 13.9. The van der Waals surface area contributed by atoms with E-state index in [1.54, 1.807) is 43.0 Å². The summed E-state index contributed by atoms with van der Waals surface area (Å²) in [6, 6.07) is 39.3. The highest BCUT2D eigenvalue weighted by Crippen LogP contribution is 2.44. The van der Waals surface area contributed by atoms with Gasteiger partial charge >= 0.3 is 0 Å². The van der Waals surface area contributed by atoms with Gasteiger partial charge in [-0.1, -0.05) is 48.9 Å². The molecule has 4 heterocycles. The van der Waals surface area contributed by atoms with E-state index in [0.29, 0.717) is 35.0 Å².